The Morgan fingerprint density at radius 1 is 1.27 bits per heavy atom. The van der Waals surface area contributed by atoms with Gasteiger partial charge in [0, 0.05) is 12.6 Å². The Hall–Kier alpha value is -0.0800. The molecule has 3 atom stereocenters. The number of rotatable bonds is 5. The van der Waals surface area contributed by atoms with Gasteiger partial charge in [-0.15, -0.1) is 0 Å². The Morgan fingerprint density at radius 2 is 1.93 bits per heavy atom. The van der Waals surface area contributed by atoms with Gasteiger partial charge in [-0.2, -0.15) is 0 Å². The molecular weight excluding hydrogens is 186 g/mol. The van der Waals surface area contributed by atoms with E-state index in [1.807, 2.05) is 0 Å². The van der Waals surface area contributed by atoms with E-state index in [-0.39, 0.29) is 6.10 Å². The standard InChI is InChI=1S/C13H27NO/c1-4-11(3)10-14(5-2)12-8-6-7-9-13(12)15/h11-13,15H,4-10H2,1-3H3/t11?,12-,13-/m1/s1. The average Bonchev–Trinajstić information content (AvgIpc) is 2.26. The summed E-state index contributed by atoms with van der Waals surface area (Å²) in [5, 5.41) is 10.0. The molecule has 15 heavy (non-hydrogen) atoms. The second-order valence-corrected chi connectivity index (χ2v) is 5.02. The first-order valence-electron chi connectivity index (χ1n) is 6.61. The van der Waals surface area contributed by atoms with E-state index in [9.17, 15) is 5.11 Å². The van der Waals surface area contributed by atoms with Gasteiger partial charge in [0.05, 0.1) is 6.10 Å². The van der Waals surface area contributed by atoms with Crippen LogP contribution in [-0.4, -0.2) is 35.2 Å². The third-order valence-electron chi connectivity index (χ3n) is 3.81. The van der Waals surface area contributed by atoms with Gasteiger partial charge < -0.3 is 5.11 Å². The minimum atomic E-state index is -0.0808. The lowest BCUT2D eigenvalue weighted by Gasteiger charge is -2.38. The zero-order chi connectivity index (χ0) is 11.3. The Kier molecular flexibility index (Phi) is 5.62. The fourth-order valence-electron chi connectivity index (χ4n) is 2.55. The van der Waals surface area contributed by atoms with Crippen LogP contribution in [0.3, 0.4) is 0 Å². The van der Waals surface area contributed by atoms with Crippen LogP contribution in [0.5, 0.6) is 0 Å². The molecule has 1 aliphatic rings. The van der Waals surface area contributed by atoms with Crippen molar-refractivity contribution in [2.24, 2.45) is 5.92 Å². The molecule has 1 rings (SSSR count). The van der Waals surface area contributed by atoms with Gasteiger partial charge >= 0.3 is 0 Å². The Morgan fingerprint density at radius 3 is 2.47 bits per heavy atom. The molecule has 0 saturated heterocycles. The van der Waals surface area contributed by atoms with Crippen molar-refractivity contribution in [3.63, 3.8) is 0 Å². The maximum Gasteiger partial charge on any atom is 0.0695 e. The van der Waals surface area contributed by atoms with Gasteiger partial charge in [-0.3, -0.25) is 4.90 Å². The molecule has 1 N–H and O–H groups in total. The highest BCUT2D eigenvalue weighted by molar-refractivity contribution is 4.83. The Labute approximate surface area is 94.7 Å². The number of hydrogen-bond acceptors (Lipinski definition) is 2. The summed E-state index contributed by atoms with van der Waals surface area (Å²) >= 11 is 0. The molecule has 0 spiro atoms. The SMILES string of the molecule is CCC(C)CN(CC)[C@@H]1CCCC[C@H]1O. The molecule has 0 radical (unpaired) electrons. The second kappa shape index (κ2) is 6.49. The van der Waals surface area contributed by atoms with Gasteiger partial charge in [-0.25, -0.2) is 0 Å². The molecular formula is C13H27NO. The van der Waals surface area contributed by atoms with Crippen LogP contribution in [0.2, 0.25) is 0 Å². The molecule has 0 bridgehead atoms. The molecule has 90 valence electrons. The van der Waals surface area contributed by atoms with Crippen molar-refractivity contribution in [1.29, 1.82) is 0 Å². The third kappa shape index (κ3) is 3.76. The van der Waals surface area contributed by atoms with Gasteiger partial charge in [0.25, 0.3) is 0 Å². The Bertz CT molecular complexity index is 172. The summed E-state index contributed by atoms with van der Waals surface area (Å²) in [6.07, 6.45) is 5.84. The van der Waals surface area contributed by atoms with E-state index in [2.05, 4.69) is 25.7 Å². The van der Waals surface area contributed by atoms with Crippen molar-refractivity contribution >= 4 is 0 Å². The molecule has 2 nitrogen and oxygen atoms in total. The monoisotopic (exact) mass is 213 g/mol. The highest BCUT2D eigenvalue weighted by atomic mass is 16.3. The van der Waals surface area contributed by atoms with Crippen molar-refractivity contribution in [1.82, 2.24) is 4.90 Å². The highest BCUT2D eigenvalue weighted by Gasteiger charge is 2.28. The first-order valence-corrected chi connectivity index (χ1v) is 6.61. The molecule has 1 saturated carbocycles. The molecule has 1 aliphatic carbocycles. The molecule has 0 aliphatic heterocycles. The van der Waals surface area contributed by atoms with E-state index < -0.39 is 0 Å². The first kappa shape index (κ1) is 13.0. The molecule has 0 heterocycles. The molecule has 2 heteroatoms. The van der Waals surface area contributed by atoms with E-state index in [1.165, 1.54) is 25.7 Å². The molecule has 1 unspecified atom stereocenters. The normalized spacial score (nSPS) is 29.4. The summed E-state index contributed by atoms with van der Waals surface area (Å²) in [6.45, 7) is 8.98. The van der Waals surface area contributed by atoms with Gasteiger partial charge in [0.15, 0.2) is 0 Å². The van der Waals surface area contributed by atoms with Crippen LogP contribution < -0.4 is 0 Å². The summed E-state index contributed by atoms with van der Waals surface area (Å²) < 4.78 is 0. The van der Waals surface area contributed by atoms with E-state index in [0.717, 1.165) is 25.4 Å². The predicted molar refractivity (Wildman–Crippen MR) is 65.0 cm³/mol. The average molecular weight is 213 g/mol. The van der Waals surface area contributed by atoms with Gasteiger partial charge in [-0.05, 0) is 25.3 Å². The number of aliphatic hydroxyl groups excluding tert-OH is 1. The number of likely N-dealkylation sites (N-methyl/N-ethyl adjacent to an activating group) is 1. The van der Waals surface area contributed by atoms with Crippen LogP contribution in [0.25, 0.3) is 0 Å². The molecule has 0 aromatic rings. The van der Waals surface area contributed by atoms with Crippen molar-refractivity contribution in [2.75, 3.05) is 13.1 Å². The van der Waals surface area contributed by atoms with Gasteiger partial charge in [0.2, 0.25) is 0 Å². The Balaban J connectivity index is 2.48. The minimum absolute atomic E-state index is 0.0808. The van der Waals surface area contributed by atoms with E-state index in [4.69, 9.17) is 0 Å². The fraction of sp³-hybridized carbons (Fsp3) is 1.00. The van der Waals surface area contributed by atoms with Crippen molar-refractivity contribution in [2.45, 2.75) is 65.0 Å². The quantitative estimate of drug-likeness (QED) is 0.759. The van der Waals surface area contributed by atoms with Crippen LogP contribution in [0, 0.1) is 5.92 Å². The topological polar surface area (TPSA) is 23.5 Å². The zero-order valence-electron chi connectivity index (χ0n) is 10.6. The molecule has 1 fully saturated rings. The first-order chi connectivity index (χ1) is 7.19. The zero-order valence-corrected chi connectivity index (χ0v) is 10.6. The van der Waals surface area contributed by atoms with Crippen LogP contribution in [-0.2, 0) is 0 Å². The minimum Gasteiger partial charge on any atom is -0.391 e. The van der Waals surface area contributed by atoms with Crippen molar-refractivity contribution in [3.05, 3.63) is 0 Å². The van der Waals surface area contributed by atoms with Crippen molar-refractivity contribution in [3.8, 4) is 0 Å². The maximum absolute atomic E-state index is 10.0. The highest BCUT2D eigenvalue weighted by Crippen LogP contribution is 2.24. The van der Waals surface area contributed by atoms with Crippen LogP contribution in [0.1, 0.15) is 52.9 Å². The fourth-order valence-corrected chi connectivity index (χ4v) is 2.55. The van der Waals surface area contributed by atoms with Crippen LogP contribution in [0.4, 0.5) is 0 Å². The molecule has 0 aromatic heterocycles. The second-order valence-electron chi connectivity index (χ2n) is 5.02. The summed E-state index contributed by atoms with van der Waals surface area (Å²) in [6, 6.07) is 0.428. The molecule has 0 aromatic carbocycles. The largest absolute Gasteiger partial charge is 0.391 e. The van der Waals surface area contributed by atoms with E-state index in [1.54, 1.807) is 0 Å². The summed E-state index contributed by atoms with van der Waals surface area (Å²) in [4.78, 5) is 2.48. The lowest BCUT2D eigenvalue weighted by atomic mass is 9.90. The number of hydrogen-bond donors (Lipinski definition) is 1. The van der Waals surface area contributed by atoms with Gasteiger partial charge in [0.1, 0.15) is 0 Å². The molecule has 0 amide bonds. The lowest BCUT2D eigenvalue weighted by Crippen LogP contribution is -2.46. The van der Waals surface area contributed by atoms with E-state index in [0.29, 0.717) is 6.04 Å². The van der Waals surface area contributed by atoms with E-state index >= 15 is 0 Å². The number of aliphatic hydroxyl groups is 1. The van der Waals surface area contributed by atoms with Crippen LogP contribution in [0.15, 0.2) is 0 Å². The maximum atomic E-state index is 10.0. The summed E-state index contributed by atoms with van der Waals surface area (Å²) in [5.41, 5.74) is 0. The van der Waals surface area contributed by atoms with Gasteiger partial charge in [-0.1, -0.05) is 40.0 Å². The number of nitrogens with zero attached hydrogens (tertiary/aromatic N) is 1. The summed E-state index contributed by atoms with van der Waals surface area (Å²) in [7, 11) is 0. The third-order valence-corrected chi connectivity index (χ3v) is 3.81. The predicted octanol–water partition coefficient (Wildman–Crippen LogP) is 2.66. The lowest BCUT2D eigenvalue weighted by molar-refractivity contribution is 0.0159. The van der Waals surface area contributed by atoms with Crippen molar-refractivity contribution < 1.29 is 5.11 Å². The summed E-state index contributed by atoms with van der Waals surface area (Å²) in [5.74, 6) is 0.749. The smallest absolute Gasteiger partial charge is 0.0695 e. The van der Waals surface area contributed by atoms with Crippen LogP contribution >= 0.6 is 0 Å².